The largest absolute Gasteiger partial charge is 0.360 e. The average Bonchev–Trinajstić information content (AvgIpc) is 2.73. The third-order valence-electron chi connectivity index (χ3n) is 3.08. The summed E-state index contributed by atoms with van der Waals surface area (Å²) in [5.41, 5.74) is 0.878. The predicted octanol–water partition coefficient (Wildman–Crippen LogP) is 3.42. The number of hydrogen-bond acceptors (Lipinski definition) is 4. The van der Waals surface area contributed by atoms with Crippen molar-refractivity contribution in [2.24, 2.45) is 0 Å². The van der Waals surface area contributed by atoms with E-state index in [0.29, 0.717) is 21.3 Å². The average molecular weight is 349 g/mol. The smallest absolute Gasteiger partial charge is 0.248 e. The monoisotopic (exact) mass is 348 g/mol. The van der Waals surface area contributed by atoms with Crippen molar-refractivity contribution in [3.63, 3.8) is 0 Å². The van der Waals surface area contributed by atoms with Crippen LogP contribution in [-0.4, -0.2) is 24.9 Å². The van der Waals surface area contributed by atoms with Gasteiger partial charge in [0.05, 0.1) is 0 Å². The first-order valence-electron chi connectivity index (χ1n) is 6.07. The van der Waals surface area contributed by atoms with E-state index in [-0.39, 0.29) is 17.2 Å². The van der Waals surface area contributed by atoms with E-state index in [4.69, 9.17) is 27.7 Å². The van der Waals surface area contributed by atoms with Crippen LogP contribution < -0.4 is 0 Å². The van der Waals surface area contributed by atoms with Crippen LogP contribution in [-0.2, 0) is 16.6 Å². The first-order valence-corrected chi connectivity index (χ1v) is 8.27. The van der Waals surface area contributed by atoms with E-state index < -0.39 is 10.0 Å². The lowest BCUT2D eigenvalue weighted by Gasteiger charge is -2.18. The Bertz CT molecular complexity index is 732. The molecule has 0 saturated carbocycles. The minimum Gasteiger partial charge on any atom is -0.360 e. The highest BCUT2D eigenvalue weighted by Gasteiger charge is 2.29. The van der Waals surface area contributed by atoms with Crippen molar-refractivity contribution in [1.82, 2.24) is 9.46 Å². The van der Waals surface area contributed by atoms with Crippen molar-refractivity contribution in [1.29, 1.82) is 0 Å². The van der Waals surface area contributed by atoms with E-state index in [2.05, 4.69) is 5.16 Å². The molecule has 5 nitrogen and oxygen atoms in total. The lowest BCUT2D eigenvalue weighted by atomic mass is 10.2. The van der Waals surface area contributed by atoms with Gasteiger partial charge < -0.3 is 4.52 Å². The predicted molar refractivity (Wildman–Crippen MR) is 81.1 cm³/mol. The van der Waals surface area contributed by atoms with E-state index in [1.54, 1.807) is 32.0 Å². The molecule has 0 aliphatic rings. The van der Waals surface area contributed by atoms with E-state index in [9.17, 15) is 8.42 Å². The summed E-state index contributed by atoms with van der Waals surface area (Å²) in [6.07, 6.45) is 0. The number of benzene rings is 1. The summed E-state index contributed by atoms with van der Waals surface area (Å²) >= 11 is 12.1. The van der Waals surface area contributed by atoms with Crippen LogP contribution in [0.4, 0.5) is 0 Å². The van der Waals surface area contributed by atoms with E-state index in [0.717, 1.165) is 0 Å². The maximum absolute atomic E-state index is 12.6. The summed E-state index contributed by atoms with van der Waals surface area (Å²) in [6, 6.07) is 5.04. The second-order valence-corrected chi connectivity index (χ2v) is 7.41. The molecule has 0 radical (unpaired) electrons. The highest BCUT2D eigenvalue weighted by molar-refractivity contribution is 7.89. The molecule has 114 valence electrons. The molecule has 0 amide bonds. The third kappa shape index (κ3) is 3.08. The number of hydrogen-bond donors (Lipinski definition) is 0. The first kappa shape index (κ1) is 16.3. The summed E-state index contributed by atoms with van der Waals surface area (Å²) in [5.74, 6) is 0.254. The maximum atomic E-state index is 12.6. The number of halogens is 2. The van der Waals surface area contributed by atoms with Crippen molar-refractivity contribution < 1.29 is 12.9 Å². The van der Waals surface area contributed by atoms with Gasteiger partial charge in [-0.25, -0.2) is 8.42 Å². The summed E-state index contributed by atoms with van der Waals surface area (Å²) < 4.78 is 31.3. The number of sulfonamides is 1. The quantitative estimate of drug-likeness (QED) is 0.849. The number of rotatable bonds is 4. The van der Waals surface area contributed by atoms with Crippen molar-refractivity contribution in [3.05, 3.63) is 45.3 Å². The molecule has 1 heterocycles. The number of aromatic nitrogens is 1. The van der Waals surface area contributed by atoms with Crippen molar-refractivity contribution in [2.45, 2.75) is 25.3 Å². The lowest BCUT2D eigenvalue weighted by molar-refractivity contribution is 0.389. The van der Waals surface area contributed by atoms with E-state index in [1.165, 1.54) is 11.4 Å². The van der Waals surface area contributed by atoms with E-state index in [1.807, 2.05) is 0 Å². The number of aryl methyl sites for hydroxylation is 2. The second-order valence-electron chi connectivity index (χ2n) is 4.61. The molecule has 21 heavy (non-hydrogen) atoms. The zero-order chi connectivity index (χ0) is 15.8. The molecule has 0 saturated heterocycles. The molecule has 0 bridgehead atoms. The Balaban J connectivity index is 2.38. The van der Waals surface area contributed by atoms with Gasteiger partial charge in [-0.05, 0) is 26.0 Å². The van der Waals surface area contributed by atoms with Crippen molar-refractivity contribution >= 4 is 33.2 Å². The molecule has 2 rings (SSSR count). The van der Waals surface area contributed by atoms with Crippen LogP contribution in [0.1, 0.15) is 17.0 Å². The molecule has 1 aromatic carbocycles. The van der Waals surface area contributed by atoms with Gasteiger partial charge in [0.2, 0.25) is 10.0 Å². The molecule has 1 aromatic heterocycles. The normalized spacial score (nSPS) is 12.1. The fourth-order valence-electron chi connectivity index (χ4n) is 1.99. The summed E-state index contributed by atoms with van der Waals surface area (Å²) in [7, 11) is -2.27. The second kappa shape index (κ2) is 5.96. The SMILES string of the molecule is Cc1noc(C)c1S(=O)(=O)N(C)Cc1c(Cl)cccc1Cl. The maximum Gasteiger partial charge on any atom is 0.248 e. The van der Waals surface area contributed by atoms with Gasteiger partial charge in [0.1, 0.15) is 10.6 Å². The van der Waals surface area contributed by atoms with Crippen molar-refractivity contribution in [3.8, 4) is 0 Å². The van der Waals surface area contributed by atoms with Crippen LogP contribution in [0, 0.1) is 13.8 Å². The number of nitrogens with zero attached hydrogens (tertiary/aromatic N) is 2. The highest BCUT2D eigenvalue weighted by atomic mass is 35.5. The van der Waals surface area contributed by atoms with Crippen LogP contribution >= 0.6 is 23.2 Å². The molecule has 0 atom stereocenters. The Morgan fingerprint density at radius 3 is 2.29 bits per heavy atom. The minimum absolute atomic E-state index is 0.0604. The summed E-state index contributed by atoms with van der Waals surface area (Å²) in [6.45, 7) is 3.20. The fraction of sp³-hybridized carbons (Fsp3) is 0.308. The molecular weight excluding hydrogens is 335 g/mol. The van der Waals surface area contributed by atoms with Gasteiger partial charge in [-0.1, -0.05) is 34.4 Å². The molecule has 0 aliphatic carbocycles. The Labute approximate surface area is 133 Å². The van der Waals surface area contributed by atoms with Gasteiger partial charge in [-0.15, -0.1) is 0 Å². The van der Waals surface area contributed by atoms with Gasteiger partial charge in [0, 0.05) is 29.2 Å². The molecule has 0 spiro atoms. The van der Waals surface area contributed by atoms with Crippen molar-refractivity contribution in [2.75, 3.05) is 7.05 Å². The molecule has 0 N–H and O–H groups in total. The Morgan fingerprint density at radius 2 is 1.81 bits per heavy atom. The Hall–Kier alpha value is -1.08. The molecule has 2 aromatic rings. The van der Waals surface area contributed by atoms with Gasteiger partial charge in [-0.2, -0.15) is 4.31 Å². The van der Waals surface area contributed by atoms with Crippen LogP contribution in [0.3, 0.4) is 0 Å². The van der Waals surface area contributed by atoms with Crippen LogP contribution in [0.2, 0.25) is 10.0 Å². The summed E-state index contributed by atoms with van der Waals surface area (Å²) in [4.78, 5) is 0.0770. The Morgan fingerprint density at radius 1 is 1.24 bits per heavy atom. The Kier molecular flexibility index (Phi) is 4.63. The molecule has 8 heteroatoms. The molecule has 0 aliphatic heterocycles. The zero-order valence-corrected chi connectivity index (χ0v) is 14.1. The summed E-state index contributed by atoms with van der Waals surface area (Å²) in [5, 5.41) is 4.51. The van der Waals surface area contributed by atoms with Crippen LogP contribution in [0.5, 0.6) is 0 Å². The zero-order valence-electron chi connectivity index (χ0n) is 11.7. The standard InChI is InChI=1S/C13H14Cl2N2O3S/c1-8-13(9(2)20-16-8)21(18,19)17(3)7-10-11(14)5-4-6-12(10)15/h4-6H,7H2,1-3H3. The lowest BCUT2D eigenvalue weighted by Crippen LogP contribution is -2.27. The first-order chi connectivity index (χ1) is 9.75. The highest BCUT2D eigenvalue weighted by Crippen LogP contribution is 2.28. The van der Waals surface area contributed by atoms with Crippen LogP contribution in [0.15, 0.2) is 27.6 Å². The molecule has 0 unspecified atom stereocenters. The van der Waals surface area contributed by atoms with Gasteiger partial charge in [0.15, 0.2) is 5.76 Å². The van der Waals surface area contributed by atoms with Gasteiger partial charge in [-0.3, -0.25) is 0 Å². The third-order valence-corrected chi connectivity index (χ3v) is 5.84. The topological polar surface area (TPSA) is 63.4 Å². The fourth-order valence-corrected chi connectivity index (χ4v) is 3.93. The van der Waals surface area contributed by atoms with E-state index >= 15 is 0 Å². The molecule has 0 fully saturated rings. The minimum atomic E-state index is -3.73. The molecular formula is C13H14Cl2N2O3S. The van der Waals surface area contributed by atoms with Crippen LogP contribution in [0.25, 0.3) is 0 Å². The van der Waals surface area contributed by atoms with Gasteiger partial charge >= 0.3 is 0 Å². The van der Waals surface area contributed by atoms with Gasteiger partial charge in [0.25, 0.3) is 0 Å².